The maximum Gasteiger partial charge on any atom is 0.246 e. The van der Waals surface area contributed by atoms with E-state index in [1.54, 1.807) is 6.20 Å². The zero-order valence-corrected chi connectivity index (χ0v) is 11.0. The Bertz CT molecular complexity index is 558. The number of ether oxygens (including phenoxy) is 1. The van der Waals surface area contributed by atoms with Crippen molar-refractivity contribution in [1.82, 2.24) is 24.5 Å². The Morgan fingerprint density at radius 1 is 1.40 bits per heavy atom. The molecule has 20 heavy (non-hydrogen) atoms. The topological polar surface area (TPSA) is 86.9 Å². The first-order valence-corrected chi connectivity index (χ1v) is 6.55. The van der Waals surface area contributed by atoms with Gasteiger partial charge >= 0.3 is 0 Å². The fraction of sp³-hybridized carbons (Fsp3) is 0.500. The summed E-state index contributed by atoms with van der Waals surface area (Å²) >= 11 is 0. The molecular formula is C12H16N6O2. The summed E-state index contributed by atoms with van der Waals surface area (Å²) in [5, 5.41) is 11.0. The molecule has 8 heteroatoms. The van der Waals surface area contributed by atoms with Crippen LogP contribution in [-0.2, 0) is 16.1 Å². The first kappa shape index (κ1) is 12.8. The Kier molecular flexibility index (Phi) is 3.73. The number of carbonyl (C=O) groups excluding carboxylic acids is 1. The SMILES string of the molecule is O=C(Cn1cncn1)Nc1cnn(C2CCOCC2)c1. The average Bonchev–Trinajstić information content (AvgIpc) is 3.11. The molecule has 2 aromatic rings. The number of hydrogen-bond donors (Lipinski definition) is 1. The second-order valence-corrected chi connectivity index (χ2v) is 4.69. The lowest BCUT2D eigenvalue weighted by Crippen LogP contribution is -2.20. The van der Waals surface area contributed by atoms with E-state index < -0.39 is 0 Å². The number of anilines is 1. The predicted molar refractivity (Wildman–Crippen MR) is 70.0 cm³/mol. The molecule has 0 spiro atoms. The van der Waals surface area contributed by atoms with E-state index in [1.165, 1.54) is 17.3 Å². The molecule has 1 aliphatic heterocycles. The zero-order valence-electron chi connectivity index (χ0n) is 11.0. The smallest absolute Gasteiger partial charge is 0.246 e. The summed E-state index contributed by atoms with van der Waals surface area (Å²) in [7, 11) is 0. The Morgan fingerprint density at radius 2 is 2.25 bits per heavy atom. The summed E-state index contributed by atoms with van der Waals surface area (Å²) in [6.45, 7) is 1.67. The molecule has 1 fully saturated rings. The summed E-state index contributed by atoms with van der Waals surface area (Å²) in [5.41, 5.74) is 0.696. The monoisotopic (exact) mass is 276 g/mol. The summed E-state index contributed by atoms with van der Waals surface area (Å²) in [6.07, 6.45) is 8.33. The van der Waals surface area contributed by atoms with E-state index in [0.717, 1.165) is 26.1 Å². The van der Waals surface area contributed by atoms with Gasteiger partial charge in [-0.3, -0.25) is 9.48 Å². The molecule has 106 valence electrons. The van der Waals surface area contributed by atoms with E-state index in [0.29, 0.717) is 11.7 Å². The first-order valence-electron chi connectivity index (χ1n) is 6.55. The molecule has 8 nitrogen and oxygen atoms in total. The van der Waals surface area contributed by atoms with Crippen molar-refractivity contribution in [1.29, 1.82) is 0 Å². The molecule has 3 rings (SSSR count). The van der Waals surface area contributed by atoms with Crippen molar-refractivity contribution >= 4 is 11.6 Å². The number of rotatable bonds is 4. The lowest BCUT2D eigenvalue weighted by atomic mass is 10.1. The van der Waals surface area contributed by atoms with Crippen LogP contribution in [0.2, 0.25) is 0 Å². The number of carbonyl (C=O) groups is 1. The normalized spacial score (nSPS) is 16.2. The molecule has 1 aliphatic rings. The fourth-order valence-corrected chi connectivity index (χ4v) is 2.21. The highest BCUT2D eigenvalue weighted by molar-refractivity contribution is 5.90. The molecule has 0 aromatic carbocycles. The molecule has 0 radical (unpaired) electrons. The summed E-state index contributed by atoms with van der Waals surface area (Å²) in [4.78, 5) is 15.6. The number of nitrogens with one attached hydrogen (secondary N) is 1. The first-order chi connectivity index (χ1) is 9.81. The van der Waals surface area contributed by atoms with E-state index in [-0.39, 0.29) is 12.5 Å². The van der Waals surface area contributed by atoms with Crippen LogP contribution in [-0.4, -0.2) is 43.7 Å². The van der Waals surface area contributed by atoms with Crippen LogP contribution < -0.4 is 5.32 Å². The van der Waals surface area contributed by atoms with Gasteiger partial charge in [0.15, 0.2) is 0 Å². The third-order valence-corrected chi connectivity index (χ3v) is 3.22. The third kappa shape index (κ3) is 3.02. The van der Waals surface area contributed by atoms with E-state index in [9.17, 15) is 4.79 Å². The molecule has 3 heterocycles. The molecule has 0 atom stereocenters. The number of amides is 1. The molecule has 1 N–H and O–H groups in total. The summed E-state index contributed by atoms with van der Waals surface area (Å²) in [5.74, 6) is -0.151. The van der Waals surface area contributed by atoms with Gasteiger partial charge in [-0.2, -0.15) is 10.2 Å². The highest BCUT2D eigenvalue weighted by atomic mass is 16.5. The highest BCUT2D eigenvalue weighted by Gasteiger charge is 2.16. The zero-order chi connectivity index (χ0) is 13.8. The molecule has 1 amide bonds. The van der Waals surface area contributed by atoms with Gasteiger partial charge in [-0.15, -0.1) is 0 Å². The predicted octanol–water partition coefficient (Wildman–Crippen LogP) is 0.465. The second kappa shape index (κ2) is 5.83. The van der Waals surface area contributed by atoms with Crippen molar-refractivity contribution in [3.8, 4) is 0 Å². The van der Waals surface area contributed by atoms with Crippen LogP contribution in [0.5, 0.6) is 0 Å². The molecule has 0 unspecified atom stereocenters. The number of hydrogen-bond acceptors (Lipinski definition) is 5. The average molecular weight is 276 g/mol. The maximum absolute atomic E-state index is 11.8. The van der Waals surface area contributed by atoms with Crippen LogP contribution in [0.1, 0.15) is 18.9 Å². The van der Waals surface area contributed by atoms with E-state index >= 15 is 0 Å². The van der Waals surface area contributed by atoms with Gasteiger partial charge in [-0.25, -0.2) is 9.67 Å². The van der Waals surface area contributed by atoms with E-state index in [2.05, 4.69) is 20.5 Å². The Balaban J connectivity index is 1.57. The van der Waals surface area contributed by atoms with Crippen molar-refractivity contribution < 1.29 is 9.53 Å². The quantitative estimate of drug-likeness (QED) is 0.877. The van der Waals surface area contributed by atoms with Crippen LogP contribution in [0.4, 0.5) is 5.69 Å². The minimum atomic E-state index is -0.151. The van der Waals surface area contributed by atoms with Crippen molar-refractivity contribution in [2.24, 2.45) is 0 Å². The highest BCUT2D eigenvalue weighted by Crippen LogP contribution is 2.21. The Hall–Kier alpha value is -2.22. The third-order valence-electron chi connectivity index (χ3n) is 3.22. The van der Waals surface area contributed by atoms with Gasteiger partial charge in [0.2, 0.25) is 5.91 Å². The van der Waals surface area contributed by atoms with E-state index in [4.69, 9.17) is 4.74 Å². The maximum atomic E-state index is 11.8. The molecule has 1 saturated heterocycles. The Morgan fingerprint density at radius 3 is 3.00 bits per heavy atom. The fourth-order valence-electron chi connectivity index (χ4n) is 2.21. The molecule has 2 aromatic heterocycles. The summed E-state index contributed by atoms with van der Waals surface area (Å²) < 4.78 is 8.69. The van der Waals surface area contributed by atoms with Crippen LogP contribution in [0, 0.1) is 0 Å². The minimum absolute atomic E-state index is 0.141. The van der Waals surface area contributed by atoms with Crippen LogP contribution in [0.25, 0.3) is 0 Å². The van der Waals surface area contributed by atoms with E-state index in [1.807, 2.05) is 10.9 Å². The molecule has 0 bridgehead atoms. The van der Waals surface area contributed by atoms with Crippen molar-refractivity contribution in [3.63, 3.8) is 0 Å². The van der Waals surface area contributed by atoms with Crippen LogP contribution in [0.15, 0.2) is 25.0 Å². The molecular weight excluding hydrogens is 260 g/mol. The summed E-state index contributed by atoms with van der Waals surface area (Å²) in [6, 6.07) is 0.352. The lowest BCUT2D eigenvalue weighted by Gasteiger charge is -2.22. The number of aromatic nitrogens is 5. The Labute approximate surface area is 115 Å². The van der Waals surface area contributed by atoms with Gasteiger partial charge in [0.25, 0.3) is 0 Å². The second-order valence-electron chi connectivity index (χ2n) is 4.69. The molecule has 0 aliphatic carbocycles. The number of nitrogens with zero attached hydrogens (tertiary/aromatic N) is 5. The van der Waals surface area contributed by atoms with Crippen LogP contribution >= 0.6 is 0 Å². The largest absolute Gasteiger partial charge is 0.381 e. The van der Waals surface area contributed by atoms with Gasteiger partial charge in [-0.1, -0.05) is 0 Å². The van der Waals surface area contributed by atoms with Gasteiger partial charge in [0.05, 0.1) is 17.9 Å². The van der Waals surface area contributed by atoms with Crippen molar-refractivity contribution in [3.05, 3.63) is 25.0 Å². The van der Waals surface area contributed by atoms with Gasteiger partial charge in [0.1, 0.15) is 19.2 Å². The van der Waals surface area contributed by atoms with Gasteiger partial charge in [-0.05, 0) is 12.8 Å². The van der Waals surface area contributed by atoms with Crippen molar-refractivity contribution in [2.45, 2.75) is 25.4 Å². The lowest BCUT2D eigenvalue weighted by molar-refractivity contribution is -0.116. The van der Waals surface area contributed by atoms with Crippen LogP contribution in [0.3, 0.4) is 0 Å². The van der Waals surface area contributed by atoms with Crippen molar-refractivity contribution in [2.75, 3.05) is 18.5 Å². The molecule has 0 saturated carbocycles. The standard InChI is InChI=1S/C12H16N6O2/c19-12(7-17-9-13-8-15-17)16-10-5-14-18(6-10)11-1-3-20-4-2-11/h5-6,8-9,11H,1-4,7H2,(H,16,19). The van der Waals surface area contributed by atoms with Gasteiger partial charge in [0, 0.05) is 19.4 Å². The minimum Gasteiger partial charge on any atom is -0.381 e. The van der Waals surface area contributed by atoms with Gasteiger partial charge < -0.3 is 10.1 Å².